The second-order valence-electron chi connectivity index (χ2n) is 11.5. The number of amides is 3. The van der Waals surface area contributed by atoms with Crippen LogP contribution in [0, 0.1) is 11.3 Å². The van der Waals surface area contributed by atoms with Gasteiger partial charge in [-0.25, -0.2) is 0 Å². The lowest BCUT2D eigenvalue weighted by atomic mass is 9.61. The van der Waals surface area contributed by atoms with E-state index in [1.54, 1.807) is 28.2 Å². The average Bonchev–Trinajstić information content (AvgIpc) is 3.08. The number of anilines is 1. The summed E-state index contributed by atoms with van der Waals surface area (Å²) in [5, 5.41) is 3.11. The zero-order valence-electron chi connectivity index (χ0n) is 20.8. The zero-order chi connectivity index (χ0) is 24.9. The topological polar surface area (TPSA) is 88.2 Å². The highest BCUT2D eigenvalue weighted by molar-refractivity contribution is 6.09. The molecule has 4 aliphatic heterocycles. The molecule has 1 saturated heterocycles. The summed E-state index contributed by atoms with van der Waals surface area (Å²) in [6.07, 6.45) is 7.79. The highest BCUT2D eigenvalue weighted by atomic mass is 16.5. The molecule has 3 amide bonds. The second-order valence-corrected chi connectivity index (χ2v) is 11.5. The van der Waals surface area contributed by atoms with Crippen LogP contribution in [0.5, 0.6) is 11.5 Å². The zero-order valence-corrected chi connectivity index (χ0v) is 20.8. The van der Waals surface area contributed by atoms with Crippen LogP contribution in [-0.2, 0) is 19.8 Å². The predicted molar refractivity (Wildman–Crippen MR) is 129 cm³/mol. The molecule has 0 aromatic heterocycles. The largest absolute Gasteiger partial charge is 0.480 e. The van der Waals surface area contributed by atoms with Gasteiger partial charge in [-0.2, -0.15) is 0 Å². The number of fused-ring (bicyclic) bond motifs is 6. The molecule has 2 fully saturated rings. The molecule has 8 heteroatoms. The number of ether oxygens (including phenoxy) is 2. The van der Waals surface area contributed by atoms with Crippen LogP contribution in [0.15, 0.2) is 36.6 Å². The lowest BCUT2D eigenvalue weighted by Crippen LogP contribution is -2.52. The number of carbonyl (C=O) groups excluding carboxylic acids is 3. The standard InChI is InChI=1S/C27H31N3O5/c1-25(2)11-12-34-22-19(35-25)10-9-15-21(22)28-24(33)27(15)13-18-16(26(27,3)4)14-30-17(23(32)29(18)5)7-6-8-20(30)31/h6,8-12,16-18H,7,13-14H2,1-5H3,(H,28,33)/t16?,17-,18-,27-/m1/s1. The van der Waals surface area contributed by atoms with Gasteiger partial charge in [0.25, 0.3) is 0 Å². The van der Waals surface area contributed by atoms with Crippen LogP contribution in [0.3, 0.4) is 0 Å². The molecule has 1 spiro atoms. The van der Waals surface area contributed by atoms with Crippen molar-refractivity contribution in [1.29, 1.82) is 0 Å². The smallest absolute Gasteiger partial charge is 0.246 e. The highest BCUT2D eigenvalue weighted by Gasteiger charge is 2.68. The molecule has 1 saturated carbocycles. The summed E-state index contributed by atoms with van der Waals surface area (Å²) in [4.78, 5) is 43.7. The van der Waals surface area contributed by atoms with Gasteiger partial charge in [-0.15, -0.1) is 0 Å². The SMILES string of the molecule is CN1C(=O)[C@H]2CC=CC(=O)N2CC2[C@H]1C[C@@]1(C(=O)Nc3c1ccc1c3OC=CC(C)(C)O1)C2(C)C. The van der Waals surface area contributed by atoms with Gasteiger partial charge in [0.15, 0.2) is 11.5 Å². The molecule has 1 N–H and O–H groups in total. The first-order chi connectivity index (χ1) is 16.5. The van der Waals surface area contributed by atoms with Crippen molar-refractivity contribution in [1.82, 2.24) is 9.80 Å². The Kier molecular flexibility index (Phi) is 4.37. The van der Waals surface area contributed by atoms with E-state index >= 15 is 0 Å². The maximum Gasteiger partial charge on any atom is 0.246 e. The van der Waals surface area contributed by atoms with Gasteiger partial charge in [0.1, 0.15) is 11.6 Å². The minimum absolute atomic E-state index is 0.0623. The molecule has 35 heavy (non-hydrogen) atoms. The van der Waals surface area contributed by atoms with E-state index in [2.05, 4.69) is 19.2 Å². The third-order valence-electron chi connectivity index (χ3n) is 9.05. The van der Waals surface area contributed by atoms with Crippen LogP contribution < -0.4 is 14.8 Å². The van der Waals surface area contributed by atoms with E-state index in [0.29, 0.717) is 36.6 Å². The summed E-state index contributed by atoms with van der Waals surface area (Å²) in [5.74, 6) is 0.690. The quantitative estimate of drug-likeness (QED) is 0.621. The number of hydrogen-bond donors (Lipinski definition) is 1. The summed E-state index contributed by atoms with van der Waals surface area (Å²) >= 11 is 0. The Morgan fingerprint density at radius 1 is 1.11 bits per heavy atom. The number of likely N-dealkylation sites (N-methyl/N-ethyl adjacent to an activating group) is 1. The van der Waals surface area contributed by atoms with Gasteiger partial charge in [-0.05, 0) is 55.9 Å². The van der Waals surface area contributed by atoms with Crippen molar-refractivity contribution in [2.75, 3.05) is 18.9 Å². The Labute approximate surface area is 204 Å². The van der Waals surface area contributed by atoms with E-state index in [-0.39, 0.29) is 29.7 Å². The minimum atomic E-state index is -0.877. The average molecular weight is 478 g/mol. The molecule has 1 aromatic rings. The van der Waals surface area contributed by atoms with Gasteiger partial charge < -0.3 is 24.6 Å². The fraction of sp³-hybridized carbons (Fsp3) is 0.519. The number of benzene rings is 1. The normalized spacial score (nSPS) is 33.7. The molecule has 4 atom stereocenters. The Morgan fingerprint density at radius 3 is 2.66 bits per heavy atom. The maximum atomic E-state index is 13.9. The number of rotatable bonds is 0. The van der Waals surface area contributed by atoms with Gasteiger partial charge in [0.2, 0.25) is 17.7 Å². The Bertz CT molecular complexity index is 1230. The van der Waals surface area contributed by atoms with Crippen molar-refractivity contribution < 1.29 is 23.9 Å². The first-order valence-corrected chi connectivity index (χ1v) is 12.2. The third kappa shape index (κ3) is 2.76. The summed E-state index contributed by atoms with van der Waals surface area (Å²) < 4.78 is 12.1. The van der Waals surface area contributed by atoms with E-state index < -0.39 is 22.5 Å². The molecule has 8 nitrogen and oxygen atoms in total. The van der Waals surface area contributed by atoms with E-state index in [1.807, 2.05) is 39.1 Å². The number of hydrogen-bond acceptors (Lipinski definition) is 5. The molecule has 1 aliphatic carbocycles. The van der Waals surface area contributed by atoms with E-state index in [4.69, 9.17) is 9.47 Å². The number of carbonyl (C=O) groups is 3. The number of nitrogens with zero attached hydrogens (tertiary/aromatic N) is 2. The van der Waals surface area contributed by atoms with Crippen LogP contribution in [-0.4, -0.2) is 58.8 Å². The molecule has 6 rings (SSSR count). The summed E-state index contributed by atoms with van der Waals surface area (Å²) in [6.45, 7) is 8.52. The second kappa shape index (κ2) is 6.89. The molecule has 184 valence electrons. The van der Waals surface area contributed by atoms with Crippen molar-refractivity contribution in [3.05, 3.63) is 42.2 Å². The fourth-order valence-electron chi connectivity index (χ4n) is 7.02. The van der Waals surface area contributed by atoms with E-state index in [1.165, 1.54) is 0 Å². The van der Waals surface area contributed by atoms with Crippen molar-refractivity contribution >= 4 is 23.4 Å². The van der Waals surface area contributed by atoms with Crippen molar-refractivity contribution in [3.63, 3.8) is 0 Å². The van der Waals surface area contributed by atoms with Crippen molar-refractivity contribution in [2.45, 2.75) is 63.6 Å². The van der Waals surface area contributed by atoms with E-state index in [0.717, 1.165) is 5.56 Å². The van der Waals surface area contributed by atoms with Crippen LogP contribution in [0.4, 0.5) is 5.69 Å². The Balaban J connectivity index is 1.48. The van der Waals surface area contributed by atoms with Gasteiger partial charge in [0, 0.05) is 25.6 Å². The number of nitrogens with one attached hydrogen (secondary N) is 1. The molecule has 1 aromatic carbocycles. The van der Waals surface area contributed by atoms with Gasteiger partial charge in [-0.3, -0.25) is 14.4 Å². The predicted octanol–water partition coefficient (Wildman–Crippen LogP) is 2.98. The van der Waals surface area contributed by atoms with Crippen LogP contribution in [0.25, 0.3) is 0 Å². The molecule has 4 heterocycles. The van der Waals surface area contributed by atoms with Crippen LogP contribution in [0.2, 0.25) is 0 Å². The first kappa shape index (κ1) is 22.2. The summed E-state index contributed by atoms with van der Waals surface area (Å²) in [7, 11) is 1.82. The highest BCUT2D eigenvalue weighted by Crippen LogP contribution is 2.64. The lowest BCUT2D eigenvalue weighted by Gasteiger charge is -2.42. The van der Waals surface area contributed by atoms with Crippen LogP contribution in [0.1, 0.15) is 46.1 Å². The molecule has 0 bridgehead atoms. The monoisotopic (exact) mass is 477 g/mol. The van der Waals surface area contributed by atoms with Gasteiger partial charge >= 0.3 is 0 Å². The third-order valence-corrected chi connectivity index (χ3v) is 9.05. The molecular formula is C27H31N3O5. The van der Waals surface area contributed by atoms with Crippen molar-refractivity contribution in [2.24, 2.45) is 11.3 Å². The van der Waals surface area contributed by atoms with Crippen LogP contribution >= 0.6 is 0 Å². The Morgan fingerprint density at radius 2 is 1.89 bits per heavy atom. The first-order valence-electron chi connectivity index (χ1n) is 12.2. The Hall–Kier alpha value is -3.29. The molecule has 5 aliphatic rings. The maximum absolute atomic E-state index is 13.9. The van der Waals surface area contributed by atoms with Gasteiger partial charge in [0.05, 0.1) is 17.4 Å². The molecule has 0 radical (unpaired) electrons. The van der Waals surface area contributed by atoms with Crippen molar-refractivity contribution in [3.8, 4) is 11.5 Å². The summed E-state index contributed by atoms with van der Waals surface area (Å²) in [6, 6.07) is 3.18. The summed E-state index contributed by atoms with van der Waals surface area (Å²) in [5.41, 5.74) is -0.486. The fourth-order valence-corrected chi connectivity index (χ4v) is 7.02. The molecule has 1 unspecified atom stereocenters. The van der Waals surface area contributed by atoms with E-state index in [9.17, 15) is 14.4 Å². The van der Waals surface area contributed by atoms with Gasteiger partial charge in [-0.1, -0.05) is 26.0 Å². The lowest BCUT2D eigenvalue weighted by molar-refractivity contribution is -0.142. The minimum Gasteiger partial charge on any atom is -0.480 e. The molecular weight excluding hydrogens is 446 g/mol.